The highest BCUT2D eigenvalue weighted by molar-refractivity contribution is 7.99. The van der Waals surface area contributed by atoms with E-state index in [1.54, 1.807) is 31.4 Å². The molecule has 9 heteroatoms. The highest BCUT2D eigenvalue weighted by atomic mass is 32.2. The smallest absolute Gasteiger partial charge is 0.251 e. The molecule has 0 unspecified atom stereocenters. The summed E-state index contributed by atoms with van der Waals surface area (Å²) in [6, 6.07) is 20.7. The Balaban J connectivity index is 1.52. The minimum atomic E-state index is -0.232. The Bertz CT molecular complexity index is 1400. The third-order valence-electron chi connectivity index (χ3n) is 5.73. The summed E-state index contributed by atoms with van der Waals surface area (Å²) in [6.07, 6.45) is 0. The van der Waals surface area contributed by atoms with Crippen LogP contribution in [0.3, 0.4) is 0 Å². The molecule has 0 spiro atoms. The lowest BCUT2D eigenvalue weighted by Crippen LogP contribution is -2.24. The number of methoxy groups -OCH3 is 1. The first-order chi connectivity index (χ1) is 17.8. The van der Waals surface area contributed by atoms with Gasteiger partial charge in [0, 0.05) is 11.3 Å². The average molecular weight is 516 g/mol. The molecule has 0 bridgehead atoms. The van der Waals surface area contributed by atoms with Gasteiger partial charge in [-0.2, -0.15) is 0 Å². The van der Waals surface area contributed by atoms with Gasteiger partial charge in [0.05, 0.1) is 25.1 Å². The lowest BCUT2D eigenvalue weighted by atomic mass is 10.1. The van der Waals surface area contributed by atoms with Crippen molar-refractivity contribution >= 4 is 29.3 Å². The molecule has 2 amide bonds. The van der Waals surface area contributed by atoms with Crippen LogP contribution in [0.1, 0.15) is 32.9 Å². The number of ether oxygens (including phenoxy) is 1. The summed E-state index contributed by atoms with van der Waals surface area (Å²) in [5.41, 5.74) is 5.39. The molecular weight excluding hydrogens is 486 g/mol. The second kappa shape index (κ2) is 11.7. The minimum Gasteiger partial charge on any atom is -0.497 e. The van der Waals surface area contributed by atoms with E-state index in [4.69, 9.17) is 4.74 Å². The number of carbonyl (C=O) groups excluding carboxylic acids is 2. The number of hydrogen-bond donors (Lipinski definition) is 2. The van der Waals surface area contributed by atoms with E-state index in [1.807, 2.05) is 67.8 Å². The van der Waals surface area contributed by atoms with E-state index in [2.05, 4.69) is 20.8 Å². The molecule has 0 saturated heterocycles. The second-order valence-electron chi connectivity index (χ2n) is 8.64. The van der Waals surface area contributed by atoms with Gasteiger partial charge in [0.2, 0.25) is 5.91 Å². The van der Waals surface area contributed by atoms with Gasteiger partial charge < -0.3 is 15.4 Å². The summed E-state index contributed by atoms with van der Waals surface area (Å²) in [5, 5.41) is 15.1. The van der Waals surface area contributed by atoms with Gasteiger partial charge in [0.25, 0.3) is 5.91 Å². The van der Waals surface area contributed by atoms with Crippen LogP contribution in [0.5, 0.6) is 5.75 Å². The summed E-state index contributed by atoms with van der Waals surface area (Å²) in [5.74, 6) is 1.04. The number of anilines is 1. The van der Waals surface area contributed by atoms with Gasteiger partial charge in [0.15, 0.2) is 11.0 Å². The molecule has 3 aromatic carbocycles. The molecule has 0 aliphatic heterocycles. The molecule has 0 saturated carbocycles. The minimum absolute atomic E-state index is 0.140. The van der Waals surface area contributed by atoms with Gasteiger partial charge in [-0.15, -0.1) is 10.2 Å². The largest absolute Gasteiger partial charge is 0.497 e. The van der Waals surface area contributed by atoms with Crippen molar-refractivity contribution in [2.45, 2.75) is 32.5 Å². The van der Waals surface area contributed by atoms with Gasteiger partial charge in [0.1, 0.15) is 5.75 Å². The number of hydrogen-bond acceptors (Lipinski definition) is 6. The van der Waals surface area contributed by atoms with E-state index in [0.29, 0.717) is 22.3 Å². The van der Waals surface area contributed by atoms with E-state index in [1.165, 1.54) is 11.8 Å². The maximum atomic E-state index is 12.7. The van der Waals surface area contributed by atoms with Crippen molar-refractivity contribution in [2.24, 2.45) is 0 Å². The van der Waals surface area contributed by atoms with Crippen LogP contribution in [-0.4, -0.2) is 39.4 Å². The van der Waals surface area contributed by atoms with Crippen molar-refractivity contribution in [2.75, 3.05) is 18.2 Å². The lowest BCUT2D eigenvalue weighted by molar-refractivity contribution is -0.113. The van der Waals surface area contributed by atoms with Crippen LogP contribution >= 0.6 is 11.8 Å². The number of aromatic nitrogens is 3. The molecule has 8 nitrogen and oxygen atoms in total. The highest BCUT2D eigenvalue weighted by Crippen LogP contribution is 2.25. The first kappa shape index (κ1) is 26.0. The molecule has 0 fully saturated rings. The molecule has 4 aromatic rings. The molecule has 1 heterocycles. The zero-order valence-corrected chi connectivity index (χ0v) is 22.1. The molecule has 2 N–H and O–H groups in total. The maximum absolute atomic E-state index is 12.7. The van der Waals surface area contributed by atoms with Gasteiger partial charge in [-0.05, 0) is 74.4 Å². The number of nitrogens with zero attached hydrogens (tertiary/aromatic N) is 3. The predicted octanol–water partition coefficient (Wildman–Crippen LogP) is 4.86. The second-order valence-corrected chi connectivity index (χ2v) is 9.58. The highest BCUT2D eigenvalue weighted by Gasteiger charge is 2.18. The number of thioether (sulfide) groups is 1. The van der Waals surface area contributed by atoms with E-state index in [9.17, 15) is 9.59 Å². The molecule has 0 aliphatic carbocycles. The fourth-order valence-corrected chi connectivity index (χ4v) is 4.44. The Morgan fingerprint density at radius 2 is 1.62 bits per heavy atom. The van der Waals surface area contributed by atoms with Crippen molar-refractivity contribution < 1.29 is 14.3 Å². The average Bonchev–Trinajstić information content (AvgIpc) is 3.31. The molecule has 0 aliphatic rings. The SMILES string of the molecule is COc1ccc(C(=O)NCc2nnc(SCC(=O)Nc3ccc(C)cc3)n2-c2cc(C)ccc2C)cc1. The summed E-state index contributed by atoms with van der Waals surface area (Å²) in [7, 11) is 1.58. The van der Waals surface area contributed by atoms with Crippen molar-refractivity contribution in [1.82, 2.24) is 20.1 Å². The Morgan fingerprint density at radius 1 is 0.919 bits per heavy atom. The van der Waals surface area contributed by atoms with E-state index < -0.39 is 0 Å². The summed E-state index contributed by atoms with van der Waals surface area (Å²) < 4.78 is 7.06. The van der Waals surface area contributed by atoms with E-state index >= 15 is 0 Å². The first-order valence-corrected chi connectivity index (χ1v) is 12.8. The summed E-state index contributed by atoms with van der Waals surface area (Å²) >= 11 is 1.29. The number of nitrogens with one attached hydrogen (secondary N) is 2. The van der Waals surface area contributed by atoms with Crippen molar-refractivity contribution in [3.63, 3.8) is 0 Å². The summed E-state index contributed by atoms with van der Waals surface area (Å²) in [4.78, 5) is 25.3. The molecule has 0 atom stereocenters. The van der Waals surface area contributed by atoms with Crippen LogP contribution in [0.25, 0.3) is 5.69 Å². The molecule has 0 radical (unpaired) electrons. The topological polar surface area (TPSA) is 98.1 Å². The monoisotopic (exact) mass is 515 g/mol. The molecule has 190 valence electrons. The number of amides is 2. The Labute approximate surface area is 220 Å². The van der Waals surface area contributed by atoms with Gasteiger partial charge >= 0.3 is 0 Å². The quantitative estimate of drug-likeness (QED) is 0.309. The lowest BCUT2D eigenvalue weighted by Gasteiger charge is -2.14. The third-order valence-corrected chi connectivity index (χ3v) is 6.66. The zero-order valence-electron chi connectivity index (χ0n) is 21.2. The molecule has 37 heavy (non-hydrogen) atoms. The van der Waals surface area contributed by atoms with Crippen LogP contribution in [0.2, 0.25) is 0 Å². The van der Waals surface area contributed by atoms with Crippen molar-refractivity contribution in [1.29, 1.82) is 0 Å². The van der Waals surface area contributed by atoms with Crippen LogP contribution in [0, 0.1) is 20.8 Å². The van der Waals surface area contributed by atoms with E-state index in [-0.39, 0.29) is 24.1 Å². The number of benzene rings is 3. The van der Waals surface area contributed by atoms with Crippen LogP contribution in [0.15, 0.2) is 71.9 Å². The normalized spacial score (nSPS) is 10.7. The fourth-order valence-electron chi connectivity index (χ4n) is 3.68. The van der Waals surface area contributed by atoms with Crippen LogP contribution in [-0.2, 0) is 11.3 Å². The van der Waals surface area contributed by atoms with Gasteiger partial charge in [-0.25, -0.2) is 0 Å². The fraction of sp³-hybridized carbons (Fsp3) is 0.214. The van der Waals surface area contributed by atoms with Crippen molar-refractivity contribution in [3.05, 3.63) is 94.8 Å². The van der Waals surface area contributed by atoms with Crippen LogP contribution < -0.4 is 15.4 Å². The number of aryl methyl sites for hydroxylation is 3. The molecule has 1 aromatic heterocycles. The predicted molar refractivity (Wildman–Crippen MR) is 146 cm³/mol. The Morgan fingerprint density at radius 3 is 2.32 bits per heavy atom. The maximum Gasteiger partial charge on any atom is 0.251 e. The Kier molecular flexibility index (Phi) is 8.25. The zero-order chi connectivity index (χ0) is 26.4. The van der Waals surface area contributed by atoms with E-state index in [0.717, 1.165) is 28.1 Å². The Hall–Kier alpha value is -4.11. The first-order valence-electron chi connectivity index (χ1n) is 11.8. The van der Waals surface area contributed by atoms with Crippen molar-refractivity contribution in [3.8, 4) is 11.4 Å². The van der Waals surface area contributed by atoms with Gasteiger partial charge in [-0.3, -0.25) is 14.2 Å². The number of rotatable bonds is 9. The molecular formula is C28H29N5O3S. The van der Waals surface area contributed by atoms with Gasteiger partial charge in [-0.1, -0.05) is 41.6 Å². The standard InChI is InChI=1S/C28H29N5O3S/c1-18-6-11-22(12-7-18)30-26(34)17-37-28-32-31-25(33(28)24-15-19(2)5-8-20(24)3)16-29-27(35)21-9-13-23(36-4)14-10-21/h5-15H,16-17H2,1-4H3,(H,29,35)(H,30,34). The third kappa shape index (κ3) is 6.56. The summed E-state index contributed by atoms with van der Waals surface area (Å²) in [6.45, 7) is 6.19. The van der Waals surface area contributed by atoms with Crippen LogP contribution in [0.4, 0.5) is 5.69 Å². The number of carbonyl (C=O) groups is 2. The molecule has 4 rings (SSSR count).